The quantitative estimate of drug-likeness (QED) is 0.656. The van der Waals surface area contributed by atoms with Crippen molar-refractivity contribution in [3.05, 3.63) is 35.9 Å². The number of hydrogen-bond acceptors (Lipinski definition) is 2. The van der Waals surface area contributed by atoms with Crippen molar-refractivity contribution in [3.8, 4) is 0 Å². The Morgan fingerprint density at radius 1 is 1.20 bits per heavy atom. The maximum absolute atomic E-state index is 10.4. The second kappa shape index (κ2) is 7.01. The van der Waals surface area contributed by atoms with E-state index in [2.05, 4.69) is 29.6 Å². The number of nitrogens with two attached hydrogens (primary N) is 1. The summed E-state index contributed by atoms with van der Waals surface area (Å²) in [5.41, 5.74) is 6.38. The van der Waals surface area contributed by atoms with Gasteiger partial charge in [-0.2, -0.15) is 0 Å². The molecule has 0 saturated heterocycles. The predicted octanol–water partition coefficient (Wildman–Crippen LogP) is 1.08. The third kappa shape index (κ3) is 5.86. The standard InChI is InChI=1S/C12H18N2O/c13-12(15)8-10-14-9-4-7-11-5-2-1-3-6-11/h1-3,5-6,14H,4,7-10H2,(H2,13,15). The second-order valence-electron chi connectivity index (χ2n) is 3.56. The van der Waals surface area contributed by atoms with Gasteiger partial charge in [0.15, 0.2) is 0 Å². The summed E-state index contributed by atoms with van der Waals surface area (Å²) in [6.07, 6.45) is 2.58. The van der Waals surface area contributed by atoms with Crippen LogP contribution in [0.3, 0.4) is 0 Å². The number of carbonyl (C=O) groups excluding carboxylic acids is 1. The molecule has 82 valence electrons. The molecule has 1 rings (SSSR count). The van der Waals surface area contributed by atoms with Crippen LogP contribution in [0.2, 0.25) is 0 Å². The number of carbonyl (C=O) groups is 1. The van der Waals surface area contributed by atoms with Crippen LogP contribution in [-0.4, -0.2) is 19.0 Å². The molecular formula is C12H18N2O. The largest absolute Gasteiger partial charge is 0.370 e. The third-order valence-corrected chi connectivity index (χ3v) is 2.21. The van der Waals surface area contributed by atoms with E-state index in [9.17, 15) is 4.79 Å². The average molecular weight is 206 g/mol. The maximum atomic E-state index is 10.4. The summed E-state index contributed by atoms with van der Waals surface area (Å²) in [6.45, 7) is 1.62. The van der Waals surface area contributed by atoms with E-state index in [0.717, 1.165) is 19.4 Å². The monoisotopic (exact) mass is 206 g/mol. The second-order valence-corrected chi connectivity index (χ2v) is 3.56. The molecule has 0 heterocycles. The molecule has 1 aromatic carbocycles. The summed E-state index contributed by atoms with van der Waals surface area (Å²) in [5, 5.41) is 3.19. The fourth-order valence-electron chi connectivity index (χ4n) is 1.40. The van der Waals surface area contributed by atoms with Gasteiger partial charge in [-0.1, -0.05) is 30.3 Å². The molecule has 0 fully saturated rings. The number of nitrogens with one attached hydrogen (secondary N) is 1. The zero-order valence-corrected chi connectivity index (χ0v) is 8.91. The molecule has 1 amide bonds. The minimum absolute atomic E-state index is 0.245. The van der Waals surface area contributed by atoms with Crippen molar-refractivity contribution in [2.24, 2.45) is 5.73 Å². The first-order valence-electron chi connectivity index (χ1n) is 5.32. The first-order chi connectivity index (χ1) is 7.29. The van der Waals surface area contributed by atoms with Crippen LogP contribution in [0, 0.1) is 0 Å². The third-order valence-electron chi connectivity index (χ3n) is 2.21. The lowest BCUT2D eigenvalue weighted by atomic mass is 10.1. The molecule has 3 N–H and O–H groups in total. The highest BCUT2D eigenvalue weighted by molar-refractivity contribution is 5.73. The fourth-order valence-corrected chi connectivity index (χ4v) is 1.40. The van der Waals surface area contributed by atoms with Crippen molar-refractivity contribution in [1.82, 2.24) is 5.32 Å². The van der Waals surface area contributed by atoms with Gasteiger partial charge in [-0.15, -0.1) is 0 Å². The van der Waals surface area contributed by atoms with E-state index >= 15 is 0 Å². The van der Waals surface area contributed by atoms with Crippen LogP contribution in [0.25, 0.3) is 0 Å². The Morgan fingerprint density at radius 3 is 2.60 bits per heavy atom. The summed E-state index contributed by atoms with van der Waals surface area (Å²) >= 11 is 0. The zero-order valence-electron chi connectivity index (χ0n) is 8.91. The normalized spacial score (nSPS) is 10.1. The van der Waals surface area contributed by atoms with E-state index in [4.69, 9.17) is 5.73 Å². The lowest BCUT2D eigenvalue weighted by Gasteiger charge is -2.03. The number of amides is 1. The van der Waals surface area contributed by atoms with Gasteiger partial charge in [-0.05, 0) is 24.9 Å². The first-order valence-corrected chi connectivity index (χ1v) is 5.32. The van der Waals surface area contributed by atoms with Gasteiger partial charge in [0.25, 0.3) is 0 Å². The van der Waals surface area contributed by atoms with Crippen LogP contribution in [0.15, 0.2) is 30.3 Å². The number of hydrogen-bond donors (Lipinski definition) is 2. The fraction of sp³-hybridized carbons (Fsp3) is 0.417. The SMILES string of the molecule is NC(=O)CCNCCCc1ccccc1. The molecular weight excluding hydrogens is 188 g/mol. The molecule has 0 unspecified atom stereocenters. The highest BCUT2D eigenvalue weighted by Gasteiger charge is 1.94. The van der Waals surface area contributed by atoms with Gasteiger partial charge < -0.3 is 11.1 Å². The van der Waals surface area contributed by atoms with Crippen molar-refractivity contribution in [2.45, 2.75) is 19.3 Å². The molecule has 3 nitrogen and oxygen atoms in total. The molecule has 3 heteroatoms. The van der Waals surface area contributed by atoms with E-state index in [-0.39, 0.29) is 5.91 Å². The molecule has 0 aliphatic rings. The Balaban J connectivity index is 2.00. The molecule has 0 radical (unpaired) electrons. The number of rotatable bonds is 7. The summed E-state index contributed by atoms with van der Waals surface area (Å²) in [7, 11) is 0. The van der Waals surface area contributed by atoms with Gasteiger partial charge in [-0.3, -0.25) is 4.79 Å². The van der Waals surface area contributed by atoms with Gasteiger partial charge in [0.2, 0.25) is 5.91 Å². The van der Waals surface area contributed by atoms with Crippen LogP contribution >= 0.6 is 0 Å². The molecule has 0 saturated carbocycles. The molecule has 0 aliphatic carbocycles. The molecule has 0 bridgehead atoms. The molecule has 0 spiro atoms. The summed E-state index contributed by atoms with van der Waals surface area (Å²) in [4.78, 5) is 10.4. The van der Waals surface area contributed by atoms with Crippen molar-refractivity contribution in [3.63, 3.8) is 0 Å². The van der Waals surface area contributed by atoms with E-state index in [1.54, 1.807) is 0 Å². The van der Waals surface area contributed by atoms with E-state index in [1.165, 1.54) is 5.56 Å². The molecule has 15 heavy (non-hydrogen) atoms. The Kier molecular flexibility index (Phi) is 5.48. The number of benzene rings is 1. The Morgan fingerprint density at radius 2 is 1.93 bits per heavy atom. The minimum Gasteiger partial charge on any atom is -0.370 e. The first kappa shape index (κ1) is 11.7. The maximum Gasteiger partial charge on any atom is 0.218 e. The van der Waals surface area contributed by atoms with Crippen molar-refractivity contribution >= 4 is 5.91 Å². The lowest BCUT2D eigenvalue weighted by molar-refractivity contribution is -0.117. The average Bonchev–Trinajstić information content (AvgIpc) is 2.24. The molecule has 1 aromatic rings. The van der Waals surface area contributed by atoms with Gasteiger partial charge >= 0.3 is 0 Å². The van der Waals surface area contributed by atoms with Gasteiger partial charge in [0.05, 0.1) is 0 Å². The topological polar surface area (TPSA) is 55.1 Å². The molecule has 0 aromatic heterocycles. The minimum atomic E-state index is -0.245. The highest BCUT2D eigenvalue weighted by Crippen LogP contribution is 2.01. The highest BCUT2D eigenvalue weighted by atomic mass is 16.1. The Bertz CT molecular complexity index is 285. The smallest absolute Gasteiger partial charge is 0.218 e. The van der Waals surface area contributed by atoms with Gasteiger partial charge in [-0.25, -0.2) is 0 Å². The van der Waals surface area contributed by atoms with Crippen LogP contribution in [-0.2, 0) is 11.2 Å². The number of primary amides is 1. The van der Waals surface area contributed by atoms with Gasteiger partial charge in [0.1, 0.15) is 0 Å². The number of aryl methyl sites for hydroxylation is 1. The van der Waals surface area contributed by atoms with Crippen LogP contribution in [0.4, 0.5) is 0 Å². The van der Waals surface area contributed by atoms with E-state index in [1.807, 2.05) is 6.07 Å². The van der Waals surface area contributed by atoms with Crippen molar-refractivity contribution < 1.29 is 4.79 Å². The van der Waals surface area contributed by atoms with Crippen molar-refractivity contribution in [2.75, 3.05) is 13.1 Å². The molecule has 0 aliphatic heterocycles. The van der Waals surface area contributed by atoms with Crippen LogP contribution in [0.5, 0.6) is 0 Å². The van der Waals surface area contributed by atoms with E-state index in [0.29, 0.717) is 13.0 Å². The van der Waals surface area contributed by atoms with Gasteiger partial charge in [0, 0.05) is 13.0 Å². The molecule has 0 atom stereocenters. The van der Waals surface area contributed by atoms with Crippen molar-refractivity contribution in [1.29, 1.82) is 0 Å². The van der Waals surface area contributed by atoms with Crippen LogP contribution in [0.1, 0.15) is 18.4 Å². The predicted molar refractivity (Wildman–Crippen MR) is 61.4 cm³/mol. The summed E-state index contributed by atoms with van der Waals surface area (Å²) < 4.78 is 0. The lowest BCUT2D eigenvalue weighted by Crippen LogP contribution is -2.23. The van der Waals surface area contributed by atoms with E-state index < -0.39 is 0 Å². The van der Waals surface area contributed by atoms with Crippen LogP contribution < -0.4 is 11.1 Å². The zero-order chi connectivity index (χ0) is 10.9. The summed E-state index contributed by atoms with van der Waals surface area (Å²) in [5.74, 6) is -0.245. The Labute approximate surface area is 90.7 Å². The summed E-state index contributed by atoms with van der Waals surface area (Å²) in [6, 6.07) is 10.4. The Hall–Kier alpha value is -1.35.